The Morgan fingerprint density at radius 1 is 1.04 bits per heavy atom. The van der Waals surface area contributed by atoms with Crippen molar-refractivity contribution in [1.82, 2.24) is 25.0 Å². The summed E-state index contributed by atoms with van der Waals surface area (Å²) >= 11 is 3.21. The third kappa shape index (κ3) is 3.35. The van der Waals surface area contributed by atoms with Crippen LogP contribution in [0.15, 0.2) is 57.4 Å². The fourth-order valence-corrected chi connectivity index (χ4v) is 3.96. The summed E-state index contributed by atoms with van der Waals surface area (Å²) in [4.78, 5) is 1.12. The summed E-state index contributed by atoms with van der Waals surface area (Å²) in [6.45, 7) is 2.90. The molecular formula is C17H15N5OS2. The molecule has 0 radical (unpaired) electrons. The molecule has 8 heteroatoms. The normalized spacial score (nSPS) is 11.1. The lowest BCUT2D eigenvalue weighted by Crippen LogP contribution is -1.99. The second kappa shape index (κ2) is 7.20. The van der Waals surface area contributed by atoms with Gasteiger partial charge in [0.25, 0.3) is 0 Å². The molecule has 6 nitrogen and oxygen atoms in total. The van der Waals surface area contributed by atoms with E-state index in [0.717, 1.165) is 28.0 Å². The Labute approximate surface area is 152 Å². The lowest BCUT2D eigenvalue weighted by molar-refractivity contribution is 0.528. The van der Waals surface area contributed by atoms with Crippen LogP contribution in [0.25, 0.3) is 22.2 Å². The number of hydrogen-bond acceptors (Lipinski definition) is 7. The average Bonchev–Trinajstić information content (AvgIpc) is 3.39. The van der Waals surface area contributed by atoms with Gasteiger partial charge in [-0.3, -0.25) is 0 Å². The van der Waals surface area contributed by atoms with Crippen LogP contribution in [0, 0.1) is 0 Å². The number of hydrogen-bond donors (Lipinski definition) is 0. The molecule has 3 heterocycles. The van der Waals surface area contributed by atoms with Gasteiger partial charge in [0, 0.05) is 12.1 Å². The smallest absolute Gasteiger partial charge is 0.247 e. The molecule has 0 unspecified atom stereocenters. The van der Waals surface area contributed by atoms with Gasteiger partial charge in [-0.15, -0.1) is 31.7 Å². The van der Waals surface area contributed by atoms with Crippen molar-refractivity contribution >= 4 is 23.1 Å². The maximum atomic E-state index is 5.75. The Balaban J connectivity index is 1.50. The van der Waals surface area contributed by atoms with Gasteiger partial charge in [-0.05, 0) is 30.5 Å². The molecular weight excluding hydrogens is 354 g/mol. The first-order chi connectivity index (χ1) is 12.3. The summed E-state index contributed by atoms with van der Waals surface area (Å²) in [6.07, 6.45) is 0. The second-order valence-corrected chi connectivity index (χ2v) is 7.07. The molecule has 0 saturated heterocycles. The van der Waals surface area contributed by atoms with Crippen molar-refractivity contribution in [1.29, 1.82) is 0 Å². The van der Waals surface area contributed by atoms with Crippen molar-refractivity contribution in [2.75, 3.05) is 0 Å². The fourth-order valence-electron chi connectivity index (χ4n) is 2.40. The number of rotatable bonds is 6. The topological polar surface area (TPSA) is 69.6 Å². The summed E-state index contributed by atoms with van der Waals surface area (Å²) in [7, 11) is 0. The van der Waals surface area contributed by atoms with Crippen molar-refractivity contribution in [3.05, 3.63) is 53.7 Å². The van der Waals surface area contributed by atoms with Crippen LogP contribution >= 0.6 is 23.1 Å². The van der Waals surface area contributed by atoms with Crippen LogP contribution in [0.3, 0.4) is 0 Å². The monoisotopic (exact) mass is 369 g/mol. The molecule has 4 aromatic rings. The van der Waals surface area contributed by atoms with E-state index in [4.69, 9.17) is 4.42 Å². The van der Waals surface area contributed by atoms with Gasteiger partial charge in [0.1, 0.15) is 0 Å². The molecule has 126 valence electrons. The van der Waals surface area contributed by atoms with E-state index in [9.17, 15) is 0 Å². The van der Waals surface area contributed by atoms with Crippen molar-refractivity contribution in [2.45, 2.75) is 24.4 Å². The minimum Gasteiger partial charge on any atom is -0.420 e. The molecule has 0 saturated carbocycles. The summed E-state index contributed by atoms with van der Waals surface area (Å²) in [5, 5.41) is 19.8. The molecule has 0 N–H and O–H groups in total. The van der Waals surface area contributed by atoms with E-state index in [0.29, 0.717) is 17.5 Å². The Morgan fingerprint density at radius 2 is 1.92 bits per heavy atom. The molecule has 0 spiro atoms. The minimum atomic E-state index is 0.535. The Kier molecular flexibility index (Phi) is 4.62. The first-order valence-electron chi connectivity index (χ1n) is 7.83. The molecule has 0 bridgehead atoms. The van der Waals surface area contributed by atoms with Crippen LogP contribution in [0.1, 0.15) is 12.8 Å². The zero-order valence-electron chi connectivity index (χ0n) is 13.5. The highest BCUT2D eigenvalue weighted by molar-refractivity contribution is 7.98. The predicted octanol–water partition coefficient (Wildman–Crippen LogP) is 4.37. The fraction of sp³-hybridized carbons (Fsp3) is 0.176. The van der Waals surface area contributed by atoms with E-state index < -0.39 is 0 Å². The van der Waals surface area contributed by atoms with Gasteiger partial charge in [0.05, 0.1) is 10.6 Å². The van der Waals surface area contributed by atoms with E-state index in [1.54, 1.807) is 23.1 Å². The summed E-state index contributed by atoms with van der Waals surface area (Å²) in [5.74, 6) is 2.57. The Hall–Kier alpha value is -2.45. The van der Waals surface area contributed by atoms with Gasteiger partial charge in [-0.25, -0.2) is 0 Å². The molecule has 0 fully saturated rings. The first-order valence-corrected chi connectivity index (χ1v) is 9.69. The second-order valence-electron chi connectivity index (χ2n) is 5.18. The maximum absolute atomic E-state index is 5.75. The molecule has 0 amide bonds. The van der Waals surface area contributed by atoms with Gasteiger partial charge < -0.3 is 8.98 Å². The quantitative estimate of drug-likeness (QED) is 0.470. The van der Waals surface area contributed by atoms with Crippen LogP contribution in [0.5, 0.6) is 0 Å². The highest BCUT2D eigenvalue weighted by Gasteiger charge is 2.15. The van der Waals surface area contributed by atoms with E-state index >= 15 is 0 Å². The van der Waals surface area contributed by atoms with Gasteiger partial charge >= 0.3 is 0 Å². The van der Waals surface area contributed by atoms with Gasteiger partial charge in [-0.1, -0.05) is 36.0 Å². The number of thiophene rings is 1. The highest BCUT2D eigenvalue weighted by atomic mass is 32.2. The van der Waals surface area contributed by atoms with Crippen LogP contribution in [-0.2, 0) is 12.3 Å². The summed E-state index contributed by atoms with van der Waals surface area (Å²) < 4.78 is 7.85. The number of thioether (sulfide) groups is 1. The van der Waals surface area contributed by atoms with Crippen molar-refractivity contribution in [3.63, 3.8) is 0 Å². The van der Waals surface area contributed by atoms with E-state index in [2.05, 4.69) is 38.0 Å². The van der Waals surface area contributed by atoms with Crippen molar-refractivity contribution < 1.29 is 4.42 Å². The van der Waals surface area contributed by atoms with E-state index in [1.807, 2.05) is 41.8 Å². The molecule has 4 rings (SSSR count). The lowest BCUT2D eigenvalue weighted by Gasteiger charge is -2.04. The van der Waals surface area contributed by atoms with Crippen molar-refractivity contribution in [2.24, 2.45) is 0 Å². The molecule has 0 atom stereocenters. The van der Waals surface area contributed by atoms with Gasteiger partial charge in [0.2, 0.25) is 11.8 Å². The molecule has 0 aliphatic carbocycles. The van der Waals surface area contributed by atoms with Crippen LogP contribution in [0.4, 0.5) is 0 Å². The van der Waals surface area contributed by atoms with Crippen molar-refractivity contribution in [3.8, 4) is 22.2 Å². The van der Waals surface area contributed by atoms with E-state index in [-0.39, 0.29) is 0 Å². The SMILES string of the molecule is CCn1c(SCc2nnc(-c3ccccc3)o2)nnc1-c1cccs1. The lowest BCUT2D eigenvalue weighted by atomic mass is 10.2. The summed E-state index contributed by atoms with van der Waals surface area (Å²) in [6, 6.07) is 13.8. The molecule has 0 aliphatic rings. The summed E-state index contributed by atoms with van der Waals surface area (Å²) in [5.41, 5.74) is 0.919. The molecule has 25 heavy (non-hydrogen) atoms. The Bertz CT molecular complexity index is 947. The molecule has 1 aromatic carbocycles. The van der Waals surface area contributed by atoms with Crippen LogP contribution < -0.4 is 0 Å². The molecule has 0 aliphatic heterocycles. The maximum Gasteiger partial charge on any atom is 0.247 e. The third-order valence-corrected chi connectivity index (χ3v) is 5.40. The van der Waals surface area contributed by atoms with E-state index in [1.165, 1.54) is 0 Å². The zero-order valence-corrected chi connectivity index (χ0v) is 15.1. The zero-order chi connectivity index (χ0) is 17.1. The first kappa shape index (κ1) is 16.0. The number of benzene rings is 1. The average molecular weight is 369 g/mol. The minimum absolute atomic E-state index is 0.535. The number of aromatic nitrogens is 5. The van der Waals surface area contributed by atoms with Gasteiger partial charge in [-0.2, -0.15) is 0 Å². The number of nitrogens with zero attached hydrogens (tertiary/aromatic N) is 5. The van der Waals surface area contributed by atoms with Crippen LogP contribution in [-0.4, -0.2) is 25.0 Å². The van der Waals surface area contributed by atoms with Crippen LogP contribution in [0.2, 0.25) is 0 Å². The third-order valence-electron chi connectivity index (χ3n) is 3.59. The van der Waals surface area contributed by atoms with Gasteiger partial charge in [0.15, 0.2) is 11.0 Å². The predicted molar refractivity (Wildman–Crippen MR) is 98.3 cm³/mol. The standard InChI is InChI=1S/C17H15N5OS2/c1-2-22-15(13-9-6-10-24-13)19-21-17(22)25-11-14-18-20-16(23-14)12-7-4-3-5-8-12/h3-10H,2,11H2,1H3. The Morgan fingerprint density at radius 3 is 2.68 bits per heavy atom. The molecule has 3 aromatic heterocycles. The highest BCUT2D eigenvalue weighted by Crippen LogP contribution is 2.29. The largest absolute Gasteiger partial charge is 0.420 e.